The Bertz CT molecular complexity index is 1100. The zero-order valence-corrected chi connectivity index (χ0v) is 16.8. The summed E-state index contributed by atoms with van der Waals surface area (Å²) in [7, 11) is 0. The monoisotopic (exact) mass is 422 g/mol. The van der Waals surface area contributed by atoms with E-state index in [0.717, 1.165) is 30.4 Å². The first-order chi connectivity index (χ1) is 14.9. The standard InChI is InChI=1S/C23H23FN4O3/c1-13-20(25)21(28-23(30)26-13)22(29)27-18-10-4-8-16-15(18)7-5-11-19(16)31-12-14-6-2-3-9-17(14)24/h2-3,5-7,9,11,18H,1,4,8,10,12,25H2,(H,27,29)(H2,26,28,30)/t18-/m0/s1. The molecule has 2 aliphatic rings. The lowest BCUT2D eigenvalue weighted by Gasteiger charge is -2.29. The summed E-state index contributed by atoms with van der Waals surface area (Å²) in [6.07, 6.45) is 2.36. The van der Waals surface area contributed by atoms with Gasteiger partial charge in [-0.15, -0.1) is 0 Å². The van der Waals surface area contributed by atoms with E-state index in [4.69, 9.17) is 10.5 Å². The van der Waals surface area contributed by atoms with Crippen LogP contribution in [0.25, 0.3) is 0 Å². The van der Waals surface area contributed by atoms with Crippen molar-refractivity contribution in [2.45, 2.75) is 31.9 Å². The van der Waals surface area contributed by atoms with Crippen molar-refractivity contribution in [3.63, 3.8) is 0 Å². The summed E-state index contributed by atoms with van der Waals surface area (Å²) in [6, 6.07) is 11.3. The molecule has 160 valence electrons. The zero-order valence-electron chi connectivity index (χ0n) is 16.8. The minimum absolute atomic E-state index is 0.0205. The van der Waals surface area contributed by atoms with Crippen LogP contribution in [0.1, 0.15) is 35.6 Å². The highest BCUT2D eigenvalue weighted by molar-refractivity contribution is 6.00. The number of benzene rings is 2. The Labute approximate surface area is 179 Å². The molecule has 2 aromatic rings. The van der Waals surface area contributed by atoms with Gasteiger partial charge in [0.05, 0.1) is 17.4 Å². The van der Waals surface area contributed by atoms with E-state index >= 15 is 0 Å². The second kappa shape index (κ2) is 8.51. The molecular weight excluding hydrogens is 399 g/mol. The molecule has 4 rings (SSSR count). The number of nitrogens with one attached hydrogen (secondary N) is 3. The third-order valence-electron chi connectivity index (χ3n) is 5.44. The summed E-state index contributed by atoms with van der Waals surface area (Å²) >= 11 is 0. The molecule has 0 unspecified atom stereocenters. The van der Waals surface area contributed by atoms with Gasteiger partial charge in [0.15, 0.2) is 0 Å². The number of carbonyl (C=O) groups is 2. The van der Waals surface area contributed by atoms with Crippen LogP contribution in [-0.2, 0) is 17.8 Å². The number of urea groups is 1. The molecule has 0 bridgehead atoms. The maximum Gasteiger partial charge on any atom is 0.323 e. The highest BCUT2D eigenvalue weighted by Crippen LogP contribution is 2.36. The number of fused-ring (bicyclic) bond motifs is 1. The average molecular weight is 422 g/mol. The molecule has 5 N–H and O–H groups in total. The van der Waals surface area contributed by atoms with Crippen molar-refractivity contribution in [1.82, 2.24) is 16.0 Å². The smallest absolute Gasteiger partial charge is 0.323 e. The molecule has 0 aromatic heterocycles. The Kier molecular flexibility index (Phi) is 5.62. The van der Waals surface area contributed by atoms with Gasteiger partial charge in [-0.2, -0.15) is 0 Å². The van der Waals surface area contributed by atoms with Crippen molar-refractivity contribution < 1.29 is 18.7 Å². The molecule has 1 aliphatic carbocycles. The Morgan fingerprint density at radius 2 is 2.03 bits per heavy atom. The molecule has 1 aliphatic heterocycles. The second-order valence-corrected chi connectivity index (χ2v) is 7.47. The summed E-state index contributed by atoms with van der Waals surface area (Å²) < 4.78 is 19.8. The molecule has 3 amide bonds. The minimum atomic E-state index is -0.558. The first-order valence-electron chi connectivity index (χ1n) is 10.00. The predicted octanol–water partition coefficient (Wildman–Crippen LogP) is 2.90. The van der Waals surface area contributed by atoms with Gasteiger partial charge < -0.3 is 26.4 Å². The van der Waals surface area contributed by atoms with Gasteiger partial charge in [-0.3, -0.25) is 4.79 Å². The molecule has 2 aromatic carbocycles. The van der Waals surface area contributed by atoms with Crippen LogP contribution >= 0.6 is 0 Å². The Balaban J connectivity index is 1.53. The number of nitrogens with two attached hydrogens (primary N) is 1. The maximum atomic E-state index is 13.9. The summed E-state index contributed by atoms with van der Waals surface area (Å²) in [4.78, 5) is 24.5. The Morgan fingerprint density at radius 3 is 2.84 bits per heavy atom. The highest BCUT2D eigenvalue weighted by atomic mass is 19.1. The lowest BCUT2D eigenvalue weighted by atomic mass is 9.87. The van der Waals surface area contributed by atoms with Crippen molar-refractivity contribution >= 4 is 11.9 Å². The average Bonchev–Trinajstić information content (AvgIpc) is 2.76. The van der Waals surface area contributed by atoms with Crippen LogP contribution in [0.2, 0.25) is 0 Å². The van der Waals surface area contributed by atoms with Gasteiger partial charge in [-0.1, -0.05) is 36.9 Å². The van der Waals surface area contributed by atoms with Crippen LogP contribution in [-0.4, -0.2) is 11.9 Å². The number of carbonyl (C=O) groups excluding carboxylic acids is 2. The molecule has 0 spiro atoms. The SMILES string of the molecule is C=C1NC(=O)NC(C(=O)N[C@H]2CCCc3c(OCc4ccccc4F)cccc32)=C1N. The second-order valence-electron chi connectivity index (χ2n) is 7.47. The van der Waals surface area contributed by atoms with Crippen LogP contribution in [0.5, 0.6) is 5.75 Å². The fraction of sp³-hybridized carbons (Fsp3) is 0.217. The van der Waals surface area contributed by atoms with Crippen LogP contribution in [0, 0.1) is 5.82 Å². The molecule has 8 heteroatoms. The van der Waals surface area contributed by atoms with Crippen LogP contribution < -0.4 is 26.4 Å². The Hall–Kier alpha value is -3.81. The fourth-order valence-corrected chi connectivity index (χ4v) is 3.85. The van der Waals surface area contributed by atoms with E-state index < -0.39 is 11.9 Å². The molecule has 31 heavy (non-hydrogen) atoms. The molecule has 1 heterocycles. The van der Waals surface area contributed by atoms with Gasteiger partial charge >= 0.3 is 6.03 Å². The Morgan fingerprint density at radius 1 is 1.23 bits per heavy atom. The molecule has 1 atom stereocenters. The minimum Gasteiger partial charge on any atom is -0.489 e. The number of rotatable bonds is 5. The summed E-state index contributed by atoms with van der Waals surface area (Å²) in [5.41, 5.74) is 8.56. The normalized spacial score (nSPS) is 18.0. The summed E-state index contributed by atoms with van der Waals surface area (Å²) in [5.74, 6) is -0.125. The number of ether oxygens (including phenoxy) is 1. The largest absolute Gasteiger partial charge is 0.489 e. The quantitative estimate of drug-likeness (QED) is 0.595. The number of halogens is 1. The van der Waals surface area contributed by atoms with E-state index in [2.05, 4.69) is 22.5 Å². The maximum absolute atomic E-state index is 13.9. The van der Waals surface area contributed by atoms with E-state index in [9.17, 15) is 14.0 Å². The molecule has 0 saturated heterocycles. The van der Waals surface area contributed by atoms with Crippen molar-refractivity contribution in [3.05, 3.63) is 88.6 Å². The fourth-order valence-electron chi connectivity index (χ4n) is 3.85. The van der Waals surface area contributed by atoms with E-state index in [1.807, 2.05) is 18.2 Å². The first kappa shape index (κ1) is 20.5. The molecule has 0 saturated carbocycles. The van der Waals surface area contributed by atoms with Crippen molar-refractivity contribution in [2.24, 2.45) is 5.73 Å². The van der Waals surface area contributed by atoms with Gasteiger partial charge in [0.2, 0.25) is 0 Å². The lowest BCUT2D eigenvalue weighted by molar-refractivity contribution is -0.118. The van der Waals surface area contributed by atoms with Crippen molar-refractivity contribution in [2.75, 3.05) is 0 Å². The lowest BCUT2D eigenvalue weighted by Crippen LogP contribution is -2.47. The number of amides is 3. The molecule has 7 nitrogen and oxygen atoms in total. The third-order valence-corrected chi connectivity index (χ3v) is 5.44. The van der Waals surface area contributed by atoms with Gasteiger partial charge in [-0.05, 0) is 42.5 Å². The first-order valence-corrected chi connectivity index (χ1v) is 10.00. The highest BCUT2D eigenvalue weighted by Gasteiger charge is 2.29. The van der Waals surface area contributed by atoms with E-state index in [1.165, 1.54) is 6.07 Å². The van der Waals surface area contributed by atoms with Crippen LogP contribution in [0.3, 0.4) is 0 Å². The van der Waals surface area contributed by atoms with Gasteiger partial charge in [-0.25, -0.2) is 9.18 Å². The van der Waals surface area contributed by atoms with E-state index in [1.54, 1.807) is 18.2 Å². The topological polar surface area (TPSA) is 105 Å². The van der Waals surface area contributed by atoms with Crippen LogP contribution in [0.15, 0.2) is 66.1 Å². The summed E-state index contributed by atoms with van der Waals surface area (Å²) in [5, 5.41) is 7.81. The number of hydrogen-bond acceptors (Lipinski definition) is 4. The summed E-state index contributed by atoms with van der Waals surface area (Å²) in [6.45, 7) is 3.76. The van der Waals surface area contributed by atoms with Crippen molar-refractivity contribution in [1.29, 1.82) is 0 Å². The predicted molar refractivity (Wildman–Crippen MR) is 113 cm³/mol. The van der Waals surface area contributed by atoms with Gasteiger partial charge in [0, 0.05) is 5.56 Å². The van der Waals surface area contributed by atoms with Crippen molar-refractivity contribution in [3.8, 4) is 5.75 Å². The van der Waals surface area contributed by atoms with Gasteiger partial charge in [0.25, 0.3) is 5.91 Å². The third kappa shape index (κ3) is 4.23. The van der Waals surface area contributed by atoms with E-state index in [0.29, 0.717) is 11.3 Å². The molecule has 0 fully saturated rings. The van der Waals surface area contributed by atoms with Crippen LogP contribution in [0.4, 0.5) is 9.18 Å². The van der Waals surface area contributed by atoms with E-state index in [-0.39, 0.29) is 35.6 Å². The zero-order chi connectivity index (χ0) is 22.0. The number of hydrogen-bond donors (Lipinski definition) is 4. The molecule has 0 radical (unpaired) electrons. The van der Waals surface area contributed by atoms with Gasteiger partial charge in [0.1, 0.15) is 23.9 Å². The molecular formula is C23H23FN4O3.